The van der Waals surface area contributed by atoms with Crippen LogP contribution in [0.15, 0.2) is 18.6 Å². The van der Waals surface area contributed by atoms with Crippen LogP contribution in [0.2, 0.25) is 0 Å². The molecule has 2 fully saturated rings. The smallest absolute Gasteiger partial charge is 0.226 e. The molecule has 2 aromatic heterocycles. The minimum Gasteiger partial charge on any atom is -0.351 e. The number of nitriles is 1. The monoisotopic (exact) mass is 351 g/mol. The lowest BCUT2D eigenvalue weighted by atomic mass is 10.1. The summed E-state index contributed by atoms with van der Waals surface area (Å²) in [6.45, 7) is 6.31. The van der Waals surface area contributed by atoms with E-state index in [0.29, 0.717) is 31.2 Å². The van der Waals surface area contributed by atoms with E-state index in [-0.39, 0.29) is 23.6 Å². The number of piperazine rings is 1. The number of hydrogen-bond acceptors (Lipinski definition) is 6. The van der Waals surface area contributed by atoms with Crippen molar-refractivity contribution in [3.05, 3.63) is 24.3 Å². The number of aromatic amines is 1. The molecule has 0 bridgehead atoms. The molecule has 1 aliphatic heterocycles. The first kappa shape index (κ1) is 16.5. The Bertz CT molecular complexity index is 857. The lowest BCUT2D eigenvalue weighted by molar-refractivity contribution is -0.135. The summed E-state index contributed by atoms with van der Waals surface area (Å²) in [5.74, 6) is 1.75. The zero-order chi connectivity index (χ0) is 18.3. The topological polar surface area (TPSA) is 102 Å². The van der Waals surface area contributed by atoms with Crippen LogP contribution < -0.4 is 4.90 Å². The first-order chi connectivity index (χ1) is 12.6. The Morgan fingerprint density at radius 1 is 1.35 bits per heavy atom. The van der Waals surface area contributed by atoms with E-state index in [1.807, 2.05) is 4.90 Å². The second kappa shape index (κ2) is 6.41. The molecule has 2 aromatic rings. The van der Waals surface area contributed by atoms with Gasteiger partial charge < -0.3 is 9.80 Å². The number of anilines is 1. The Hall–Kier alpha value is -2.95. The maximum atomic E-state index is 12.6. The quantitative estimate of drug-likeness (QED) is 0.897. The van der Waals surface area contributed by atoms with Gasteiger partial charge in [-0.1, -0.05) is 6.92 Å². The maximum Gasteiger partial charge on any atom is 0.226 e. The fraction of sp³-hybridized carbons (Fsp3) is 0.500. The number of rotatable bonds is 3. The van der Waals surface area contributed by atoms with Gasteiger partial charge in [0.25, 0.3) is 0 Å². The van der Waals surface area contributed by atoms with E-state index in [4.69, 9.17) is 0 Å². The average Bonchev–Trinajstić information content (AvgIpc) is 3.15. The molecule has 1 aliphatic carbocycles. The van der Waals surface area contributed by atoms with Gasteiger partial charge in [0.2, 0.25) is 5.91 Å². The molecule has 8 heteroatoms. The molecule has 1 saturated heterocycles. The predicted molar refractivity (Wildman–Crippen MR) is 95.0 cm³/mol. The molecule has 3 heterocycles. The Balaban J connectivity index is 1.53. The van der Waals surface area contributed by atoms with E-state index in [1.165, 1.54) is 0 Å². The first-order valence-electron chi connectivity index (χ1n) is 8.90. The highest BCUT2D eigenvalue weighted by molar-refractivity contribution is 5.82. The third-order valence-corrected chi connectivity index (χ3v) is 5.30. The highest BCUT2D eigenvalue weighted by Crippen LogP contribution is 2.40. The highest BCUT2D eigenvalue weighted by atomic mass is 16.2. The number of aromatic nitrogens is 4. The van der Waals surface area contributed by atoms with Crippen molar-refractivity contribution in [2.45, 2.75) is 26.3 Å². The van der Waals surface area contributed by atoms with Crippen molar-refractivity contribution in [1.82, 2.24) is 25.1 Å². The molecule has 1 saturated carbocycles. The Morgan fingerprint density at radius 3 is 2.77 bits per heavy atom. The lowest BCUT2D eigenvalue weighted by Gasteiger charge is -2.40. The van der Waals surface area contributed by atoms with Crippen LogP contribution in [0.1, 0.15) is 26.0 Å². The van der Waals surface area contributed by atoms with Crippen molar-refractivity contribution in [3.63, 3.8) is 0 Å². The standard InChI is InChI=1S/C18H21N7O/c1-11-5-14(11)18(26)25-4-3-24(10-12(25)2)16-9-20-15(6-19)17(23-16)13-7-21-22-8-13/h7-9,11-12,14H,3-5,10H2,1-2H3,(H,21,22)/t11-,12-,14-/m1/s1. The van der Waals surface area contributed by atoms with Crippen molar-refractivity contribution in [1.29, 1.82) is 5.26 Å². The molecule has 1 amide bonds. The summed E-state index contributed by atoms with van der Waals surface area (Å²) in [6.07, 6.45) is 5.98. The molecular formula is C18H21N7O. The molecule has 0 radical (unpaired) electrons. The second-order valence-corrected chi connectivity index (χ2v) is 7.17. The summed E-state index contributed by atoms with van der Waals surface area (Å²) in [5, 5.41) is 16.0. The van der Waals surface area contributed by atoms with Gasteiger partial charge >= 0.3 is 0 Å². The zero-order valence-electron chi connectivity index (χ0n) is 14.9. The molecule has 1 N–H and O–H groups in total. The van der Waals surface area contributed by atoms with E-state index < -0.39 is 0 Å². The minimum absolute atomic E-state index is 0.124. The normalized spacial score (nSPS) is 25.0. The Labute approximate surface area is 151 Å². The maximum absolute atomic E-state index is 12.6. The molecule has 3 atom stereocenters. The van der Waals surface area contributed by atoms with Crippen molar-refractivity contribution in [3.8, 4) is 17.3 Å². The summed E-state index contributed by atoms with van der Waals surface area (Å²) in [7, 11) is 0. The third-order valence-electron chi connectivity index (χ3n) is 5.30. The van der Waals surface area contributed by atoms with Crippen LogP contribution in [0.3, 0.4) is 0 Å². The SMILES string of the molecule is C[C@@H]1C[C@H]1C(=O)N1CCN(c2cnc(C#N)c(-c3cn[nH]c3)n2)C[C@H]1C. The van der Waals surface area contributed by atoms with E-state index in [2.05, 4.69) is 45.0 Å². The molecule has 8 nitrogen and oxygen atoms in total. The van der Waals surface area contributed by atoms with Crippen LogP contribution in [0.5, 0.6) is 0 Å². The minimum atomic E-state index is 0.124. The number of carbonyl (C=O) groups is 1. The fourth-order valence-corrected chi connectivity index (χ4v) is 3.57. The van der Waals surface area contributed by atoms with Gasteiger partial charge in [-0.15, -0.1) is 0 Å². The summed E-state index contributed by atoms with van der Waals surface area (Å²) >= 11 is 0. The van der Waals surface area contributed by atoms with Gasteiger partial charge in [-0.05, 0) is 19.3 Å². The largest absolute Gasteiger partial charge is 0.351 e. The van der Waals surface area contributed by atoms with Gasteiger partial charge in [-0.3, -0.25) is 9.89 Å². The second-order valence-electron chi connectivity index (χ2n) is 7.17. The number of H-pyrrole nitrogens is 1. The third kappa shape index (κ3) is 2.90. The number of carbonyl (C=O) groups excluding carboxylic acids is 1. The van der Waals surface area contributed by atoms with Gasteiger partial charge in [0.1, 0.15) is 17.6 Å². The van der Waals surface area contributed by atoms with Crippen LogP contribution in [0.25, 0.3) is 11.3 Å². The Kier molecular flexibility index (Phi) is 4.07. The van der Waals surface area contributed by atoms with E-state index in [1.54, 1.807) is 18.6 Å². The number of nitrogens with one attached hydrogen (secondary N) is 1. The van der Waals surface area contributed by atoms with E-state index in [9.17, 15) is 10.1 Å². The molecule has 2 aliphatic rings. The van der Waals surface area contributed by atoms with Crippen LogP contribution >= 0.6 is 0 Å². The van der Waals surface area contributed by atoms with Gasteiger partial charge in [0.05, 0.1) is 12.4 Å². The van der Waals surface area contributed by atoms with Crippen molar-refractivity contribution >= 4 is 11.7 Å². The predicted octanol–water partition coefficient (Wildman–Crippen LogP) is 1.43. The van der Waals surface area contributed by atoms with Crippen LogP contribution in [-0.2, 0) is 4.79 Å². The number of hydrogen-bond donors (Lipinski definition) is 1. The summed E-state index contributed by atoms with van der Waals surface area (Å²) < 4.78 is 0. The zero-order valence-corrected chi connectivity index (χ0v) is 14.9. The van der Waals surface area contributed by atoms with E-state index in [0.717, 1.165) is 17.8 Å². The molecule has 0 spiro atoms. The molecule has 0 aromatic carbocycles. The van der Waals surface area contributed by atoms with Gasteiger partial charge in [0, 0.05) is 43.4 Å². The van der Waals surface area contributed by atoms with E-state index >= 15 is 0 Å². The fourth-order valence-electron chi connectivity index (χ4n) is 3.57. The van der Waals surface area contributed by atoms with Gasteiger partial charge in [-0.2, -0.15) is 10.4 Å². The Morgan fingerprint density at radius 2 is 2.15 bits per heavy atom. The van der Waals surface area contributed by atoms with Crippen LogP contribution in [0, 0.1) is 23.2 Å². The first-order valence-corrected chi connectivity index (χ1v) is 8.90. The molecule has 26 heavy (non-hydrogen) atoms. The van der Waals surface area contributed by atoms with Crippen LogP contribution in [0.4, 0.5) is 5.82 Å². The van der Waals surface area contributed by atoms with Crippen molar-refractivity contribution in [2.75, 3.05) is 24.5 Å². The highest BCUT2D eigenvalue weighted by Gasteiger charge is 2.43. The molecular weight excluding hydrogens is 330 g/mol. The number of amides is 1. The van der Waals surface area contributed by atoms with Gasteiger partial charge in [-0.25, -0.2) is 9.97 Å². The summed E-state index contributed by atoms with van der Waals surface area (Å²) in [6, 6.07) is 2.21. The average molecular weight is 351 g/mol. The summed E-state index contributed by atoms with van der Waals surface area (Å²) in [4.78, 5) is 25.6. The van der Waals surface area contributed by atoms with Crippen LogP contribution in [-0.4, -0.2) is 56.6 Å². The van der Waals surface area contributed by atoms with Gasteiger partial charge in [0.15, 0.2) is 5.69 Å². The lowest BCUT2D eigenvalue weighted by Crippen LogP contribution is -2.54. The molecule has 0 unspecified atom stereocenters. The van der Waals surface area contributed by atoms with Crippen molar-refractivity contribution in [2.24, 2.45) is 11.8 Å². The number of nitrogens with zero attached hydrogens (tertiary/aromatic N) is 6. The molecule has 4 rings (SSSR count). The molecule has 134 valence electrons. The van der Waals surface area contributed by atoms with Crippen molar-refractivity contribution < 1.29 is 4.79 Å². The summed E-state index contributed by atoms with van der Waals surface area (Å²) in [5.41, 5.74) is 1.54.